The number of aromatic nitrogens is 1. The molecule has 25 heavy (non-hydrogen) atoms. The van der Waals surface area contributed by atoms with Gasteiger partial charge in [0.05, 0.1) is 22.5 Å². The molecule has 1 amide bonds. The van der Waals surface area contributed by atoms with Gasteiger partial charge in [0.15, 0.2) is 0 Å². The van der Waals surface area contributed by atoms with Gasteiger partial charge in [0.25, 0.3) is 5.91 Å². The second-order valence-electron chi connectivity index (χ2n) is 5.10. The van der Waals surface area contributed by atoms with Gasteiger partial charge in [-0.1, -0.05) is 34.8 Å². The van der Waals surface area contributed by atoms with E-state index >= 15 is 0 Å². The van der Waals surface area contributed by atoms with Crippen molar-refractivity contribution < 1.29 is 4.79 Å². The number of carbonyl (C=O) groups excluding carboxylic acids is 1. The molecule has 0 bridgehead atoms. The SMILES string of the molecule is O=C(N/N=C/c1cccn1-c1ccc(Cl)cc1)c1ccc(Cl)cc1Cl. The van der Waals surface area contributed by atoms with E-state index in [0.717, 1.165) is 11.4 Å². The maximum absolute atomic E-state index is 12.1. The minimum absolute atomic E-state index is 0.268. The number of hydrogen-bond acceptors (Lipinski definition) is 2. The minimum atomic E-state index is -0.414. The summed E-state index contributed by atoms with van der Waals surface area (Å²) in [5.41, 5.74) is 4.49. The minimum Gasteiger partial charge on any atom is -0.316 e. The Hall–Kier alpha value is -2.27. The summed E-state index contributed by atoms with van der Waals surface area (Å²) in [4.78, 5) is 12.1. The molecule has 0 atom stereocenters. The zero-order valence-electron chi connectivity index (χ0n) is 12.8. The van der Waals surface area contributed by atoms with E-state index in [-0.39, 0.29) is 5.02 Å². The van der Waals surface area contributed by atoms with Crippen molar-refractivity contribution in [2.24, 2.45) is 5.10 Å². The van der Waals surface area contributed by atoms with Crippen LogP contribution in [-0.4, -0.2) is 16.7 Å². The van der Waals surface area contributed by atoms with Gasteiger partial charge >= 0.3 is 0 Å². The lowest BCUT2D eigenvalue weighted by Gasteiger charge is -2.06. The van der Waals surface area contributed by atoms with Crippen LogP contribution in [0.2, 0.25) is 15.1 Å². The highest BCUT2D eigenvalue weighted by atomic mass is 35.5. The molecule has 7 heteroatoms. The number of nitrogens with one attached hydrogen (secondary N) is 1. The fourth-order valence-corrected chi connectivity index (χ4v) is 2.85. The van der Waals surface area contributed by atoms with Crippen LogP contribution >= 0.6 is 34.8 Å². The van der Waals surface area contributed by atoms with Gasteiger partial charge in [-0.3, -0.25) is 4.79 Å². The van der Waals surface area contributed by atoms with Crippen molar-refractivity contribution in [3.05, 3.63) is 87.1 Å². The molecule has 3 aromatic rings. The standard InChI is InChI=1S/C18H12Cl3N3O/c19-12-3-6-14(7-4-12)24-9-1-2-15(24)11-22-23-18(25)16-8-5-13(20)10-17(16)21/h1-11H,(H,23,25)/b22-11+. The molecule has 126 valence electrons. The lowest BCUT2D eigenvalue weighted by molar-refractivity contribution is 0.0955. The second kappa shape index (κ2) is 7.74. The summed E-state index contributed by atoms with van der Waals surface area (Å²) in [7, 11) is 0. The summed E-state index contributed by atoms with van der Waals surface area (Å²) < 4.78 is 1.92. The Morgan fingerprint density at radius 2 is 1.72 bits per heavy atom. The first-order valence-electron chi connectivity index (χ1n) is 7.26. The third kappa shape index (κ3) is 4.23. The molecule has 2 aromatic carbocycles. The zero-order chi connectivity index (χ0) is 17.8. The summed E-state index contributed by atoms with van der Waals surface area (Å²) >= 11 is 17.7. The number of halogens is 3. The maximum atomic E-state index is 12.1. The lowest BCUT2D eigenvalue weighted by atomic mass is 10.2. The molecule has 1 heterocycles. The fourth-order valence-electron chi connectivity index (χ4n) is 2.23. The molecule has 0 radical (unpaired) electrons. The van der Waals surface area contributed by atoms with Crippen molar-refractivity contribution in [2.45, 2.75) is 0 Å². The quantitative estimate of drug-likeness (QED) is 0.481. The number of benzene rings is 2. The largest absolute Gasteiger partial charge is 0.316 e. The molecule has 1 N–H and O–H groups in total. The van der Waals surface area contributed by atoms with E-state index < -0.39 is 5.91 Å². The Labute approximate surface area is 159 Å². The summed E-state index contributed by atoms with van der Waals surface area (Å²) in [6.07, 6.45) is 3.44. The van der Waals surface area contributed by atoms with Crippen molar-refractivity contribution in [1.82, 2.24) is 9.99 Å². The van der Waals surface area contributed by atoms with E-state index in [9.17, 15) is 4.79 Å². The van der Waals surface area contributed by atoms with Crippen LogP contribution in [0.15, 0.2) is 65.9 Å². The highest BCUT2D eigenvalue weighted by Gasteiger charge is 2.09. The summed E-state index contributed by atoms with van der Waals surface area (Å²) in [6, 6.07) is 15.8. The fraction of sp³-hybridized carbons (Fsp3) is 0. The average molecular weight is 393 g/mol. The highest BCUT2D eigenvalue weighted by Crippen LogP contribution is 2.20. The summed E-state index contributed by atoms with van der Waals surface area (Å²) in [5.74, 6) is -0.414. The van der Waals surface area contributed by atoms with Crippen LogP contribution in [0.4, 0.5) is 0 Å². The highest BCUT2D eigenvalue weighted by molar-refractivity contribution is 6.36. The first kappa shape index (κ1) is 17.5. The van der Waals surface area contributed by atoms with Crippen LogP contribution in [0.3, 0.4) is 0 Å². The topological polar surface area (TPSA) is 46.4 Å². The number of rotatable bonds is 4. The first-order chi connectivity index (χ1) is 12.0. The monoisotopic (exact) mass is 391 g/mol. The number of nitrogens with zero attached hydrogens (tertiary/aromatic N) is 2. The van der Waals surface area contributed by atoms with Crippen LogP contribution in [0.1, 0.15) is 16.1 Å². The van der Waals surface area contributed by atoms with Gasteiger partial charge < -0.3 is 4.57 Å². The molecule has 1 aromatic heterocycles. The van der Waals surface area contributed by atoms with Crippen molar-refractivity contribution in [2.75, 3.05) is 0 Å². The van der Waals surface area contributed by atoms with Crippen molar-refractivity contribution in [3.63, 3.8) is 0 Å². The number of carbonyl (C=O) groups is 1. The lowest BCUT2D eigenvalue weighted by Crippen LogP contribution is -2.18. The predicted octanol–water partition coefficient (Wildman–Crippen LogP) is 5.20. The van der Waals surface area contributed by atoms with Crippen LogP contribution in [0.5, 0.6) is 0 Å². The third-order valence-corrected chi connectivity index (χ3v) is 4.22. The van der Waals surface area contributed by atoms with Gasteiger partial charge in [0, 0.05) is 21.9 Å². The van der Waals surface area contributed by atoms with E-state index in [1.54, 1.807) is 18.3 Å². The molecule has 0 unspecified atom stereocenters. The molecule has 0 saturated heterocycles. The molecule has 0 fully saturated rings. The third-order valence-electron chi connectivity index (χ3n) is 3.42. The van der Waals surface area contributed by atoms with Crippen molar-refractivity contribution >= 4 is 46.9 Å². The van der Waals surface area contributed by atoms with Gasteiger partial charge in [0.1, 0.15) is 0 Å². The maximum Gasteiger partial charge on any atom is 0.272 e. The van der Waals surface area contributed by atoms with E-state index in [1.165, 1.54) is 6.07 Å². The predicted molar refractivity (Wildman–Crippen MR) is 102 cm³/mol. The average Bonchev–Trinajstić information content (AvgIpc) is 3.04. The van der Waals surface area contributed by atoms with E-state index in [1.807, 2.05) is 47.2 Å². The Balaban J connectivity index is 1.74. The molecule has 0 aliphatic rings. The number of hydrazone groups is 1. The first-order valence-corrected chi connectivity index (χ1v) is 8.40. The van der Waals surface area contributed by atoms with Gasteiger partial charge in [-0.05, 0) is 54.6 Å². The number of amides is 1. The number of hydrogen-bond donors (Lipinski definition) is 1. The summed E-state index contributed by atoms with van der Waals surface area (Å²) in [6.45, 7) is 0. The van der Waals surface area contributed by atoms with E-state index in [4.69, 9.17) is 34.8 Å². The molecule has 3 rings (SSSR count). The van der Waals surface area contributed by atoms with E-state index in [2.05, 4.69) is 10.5 Å². The van der Waals surface area contributed by atoms with Gasteiger partial charge in [-0.2, -0.15) is 5.10 Å². The summed E-state index contributed by atoms with van der Waals surface area (Å²) in [5, 5.41) is 5.39. The van der Waals surface area contributed by atoms with E-state index in [0.29, 0.717) is 15.6 Å². The Kier molecular flexibility index (Phi) is 5.43. The van der Waals surface area contributed by atoms with Gasteiger partial charge in [0.2, 0.25) is 0 Å². The molecule has 0 saturated carbocycles. The van der Waals surface area contributed by atoms with Crippen LogP contribution in [-0.2, 0) is 0 Å². The molecule has 0 spiro atoms. The second-order valence-corrected chi connectivity index (χ2v) is 6.38. The van der Waals surface area contributed by atoms with Crippen molar-refractivity contribution in [1.29, 1.82) is 0 Å². The van der Waals surface area contributed by atoms with Crippen LogP contribution < -0.4 is 5.43 Å². The Bertz CT molecular complexity index is 933. The Morgan fingerprint density at radius 1 is 1.00 bits per heavy atom. The Morgan fingerprint density at radius 3 is 2.44 bits per heavy atom. The van der Waals surface area contributed by atoms with Gasteiger partial charge in [-0.25, -0.2) is 5.43 Å². The molecular weight excluding hydrogens is 381 g/mol. The van der Waals surface area contributed by atoms with Gasteiger partial charge in [-0.15, -0.1) is 0 Å². The zero-order valence-corrected chi connectivity index (χ0v) is 15.1. The molecule has 0 aliphatic carbocycles. The smallest absolute Gasteiger partial charge is 0.272 e. The molecule has 4 nitrogen and oxygen atoms in total. The van der Waals surface area contributed by atoms with Crippen LogP contribution in [0.25, 0.3) is 5.69 Å². The van der Waals surface area contributed by atoms with Crippen LogP contribution in [0, 0.1) is 0 Å². The van der Waals surface area contributed by atoms with Crippen molar-refractivity contribution in [3.8, 4) is 5.69 Å². The normalized spacial score (nSPS) is 11.0. The molecule has 0 aliphatic heterocycles. The molecular formula is C18H12Cl3N3O.